The summed E-state index contributed by atoms with van der Waals surface area (Å²) in [5.74, 6) is -1.67. The highest BCUT2D eigenvalue weighted by atomic mass is 19.1. The molecular formula is C17H23F2NO3. The molecule has 0 aliphatic rings. The van der Waals surface area contributed by atoms with Gasteiger partial charge in [-0.15, -0.1) is 0 Å². The van der Waals surface area contributed by atoms with Gasteiger partial charge in [0, 0.05) is 37.6 Å². The molecule has 1 aromatic rings. The van der Waals surface area contributed by atoms with Crippen LogP contribution in [0.4, 0.5) is 8.78 Å². The van der Waals surface area contributed by atoms with Crippen LogP contribution in [-0.2, 0) is 20.9 Å². The molecule has 0 fully saturated rings. The average Bonchev–Trinajstić information content (AvgIpc) is 2.51. The number of nitrogens with zero attached hydrogens (tertiary/aromatic N) is 1. The number of unbranched alkanes of at least 4 members (excludes halogenated alkanes) is 1. The van der Waals surface area contributed by atoms with Gasteiger partial charge in [-0.3, -0.25) is 9.59 Å². The molecule has 1 amide bonds. The molecule has 0 heterocycles. The van der Waals surface area contributed by atoms with Crippen molar-refractivity contribution < 1.29 is 23.1 Å². The summed E-state index contributed by atoms with van der Waals surface area (Å²) < 4.78 is 31.4. The van der Waals surface area contributed by atoms with E-state index < -0.39 is 11.6 Å². The van der Waals surface area contributed by atoms with Gasteiger partial charge in [-0.25, -0.2) is 8.78 Å². The minimum atomic E-state index is -0.654. The van der Waals surface area contributed by atoms with Gasteiger partial charge in [0.1, 0.15) is 11.6 Å². The van der Waals surface area contributed by atoms with Crippen molar-refractivity contribution in [3.05, 3.63) is 35.4 Å². The van der Waals surface area contributed by atoms with E-state index in [1.54, 1.807) is 13.8 Å². The van der Waals surface area contributed by atoms with Gasteiger partial charge >= 0.3 is 5.97 Å². The second kappa shape index (κ2) is 9.92. The van der Waals surface area contributed by atoms with E-state index in [9.17, 15) is 18.4 Å². The maximum atomic E-state index is 13.6. The fraction of sp³-hybridized carbons (Fsp3) is 0.529. The van der Waals surface area contributed by atoms with Gasteiger partial charge in [-0.1, -0.05) is 6.07 Å². The molecular weight excluding hydrogens is 304 g/mol. The minimum Gasteiger partial charge on any atom is -0.466 e. The lowest BCUT2D eigenvalue weighted by Crippen LogP contribution is -2.30. The van der Waals surface area contributed by atoms with Crippen molar-refractivity contribution in [2.24, 2.45) is 0 Å². The van der Waals surface area contributed by atoms with Crippen molar-refractivity contribution >= 4 is 11.9 Å². The lowest BCUT2D eigenvalue weighted by molar-refractivity contribution is -0.143. The fourth-order valence-electron chi connectivity index (χ4n) is 2.17. The third kappa shape index (κ3) is 6.76. The van der Waals surface area contributed by atoms with Crippen LogP contribution in [0.5, 0.6) is 0 Å². The third-order valence-electron chi connectivity index (χ3n) is 3.44. The highest BCUT2D eigenvalue weighted by Crippen LogP contribution is 2.14. The summed E-state index contributed by atoms with van der Waals surface area (Å²) >= 11 is 0. The Morgan fingerprint density at radius 3 is 2.43 bits per heavy atom. The smallest absolute Gasteiger partial charge is 0.305 e. The summed E-state index contributed by atoms with van der Waals surface area (Å²) in [4.78, 5) is 24.8. The Labute approximate surface area is 135 Å². The van der Waals surface area contributed by atoms with E-state index in [0.29, 0.717) is 32.4 Å². The van der Waals surface area contributed by atoms with Crippen molar-refractivity contribution in [3.63, 3.8) is 0 Å². The maximum absolute atomic E-state index is 13.6. The highest BCUT2D eigenvalue weighted by molar-refractivity contribution is 5.76. The molecule has 0 unspecified atom stereocenters. The first-order chi connectivity index (χ1) is 11.0. The average molecular weight is 327 g/mol. The lowest BCUT2D eigenvalue weighted by atomic mass is 10.1. The first-order valence-electron chi connectivity index (χ1n) is 7.85. The number of rotatable bonds is 9. The predicted octanol–water partition coefficient (Wildman–Crippen LogP) is 3.44. The van der Waals surface area contributed by atoms with E-state index in [-0.39, 0.29) is 30.4 Å². The van der Waals surface area contributed by atoms with Gasteiger partial charge in [0.2, 0.25) is 5.91 Å². The molecule has 0 bridgehead atoms. The Hall–Kier alpha value is -1.98. The summed E-state index contributed by atoms with van der Waals surface area (Å²) in [5, 5.41) is 0. The predicted molar refractivity (Wildman–Crippen MR) is 82.6 cm³/mol. The van der Waals surface area contributed by atoms with Crippen LogP contribution in [0.3, 0.4) is 0 Å². The Morgan fingerprint density at radius 1 is 1.13 bits per heavy atom. The molecule has 0 saturated heterocycles. The summed E-state index contributed by atoms with van der Waals surface area (Å²) in [6.45, 7) is 4.45. The van der Waals surface area contributed by atoms with E-state index in [0.717, 1.165) is 6.07 Å². The molecule has 0 aliphatic heterocycles. The first-order valence-corrected chi connectivity index (χ1v) is 7.85. The van der Waals surface area contributed by atoms with E-state index in [2.05, 4.69) is 0 Å². The van der Waals surface area contributed by atoms with Gasteiger partial charge in [0.25, 0.3) is 0 Å². The Bertz CT molecular complexity index is 535. The number of ether oxygens (including phenoxy) is 1. The minimum absolute atomic E-state index is 0.110. The summed E-state index contributed by atoms with van der Waals surface area (Å²) in [6, 6.07) is 3.34. The Kier molecular flexibility index (Phi) is 8.22. The Morgan fingerprint density at radius 2 is 1.83 bits per heavy atom. The van der Waals surface area contributed by atoms with Crippen LogP contribution in [-0.4, -0.2) is 29.9 Å². The molecule has 0 spiro atoms. The van der Waals surface area contributed by atoms with E-state index >= 15 is 0 Å². The molecule has 6 heteroatoms. The maximum Gasteiger partial charge on any atom is 0.305 e. The molecule has 0 atom stereocenters. The number of hydrogen-bond acceptors (Lipinski definition) is 3. The lowest BCUT2D eigenvalue weighted by Gasteiger charge is -2.21. The first kappa shape index (κ1) is 19.1. The van der Waals surface area contributed by atoms with Crippen LogP contribution in [0.15, 0.2) is 18.2 Å². The van der Waals surface area contributed by atoms with E-state index in [1.807, 2.05) is 0 Å². The van der Waals surface area contributed by atoms with Gasteiger partial charge in [-0.05, 0) is 32.8 Å². The summed E-state index contributed by atoms with van der Waals surface area (Å²) in [7, 11) is 0. The number of hydrogen-bond donors (Lipinski definition) is 0. The number of carbonyl (C=O) groups excluding carboxylic acids is 2. The van der Waals surface area contributed by atoms with E-state index in [4.69, 9.17) is 4.74 Å². The molecule has 0 aliphatic carbocycles. The number of esters is 1. The second-order valence-corrected chi connectivity index (χ2v) is 5.16. The van der Waals surface area contributed by atoms with Crippen molar-refractivity contribution in [2.75, 3.05) is 13.2 Å². The fourth-order valence-corrected chi connectivity index (χ4v) is 2.17. The van der Waals surface area contributed by atoms with Gasteiger partial charge in [0.15, 0.2) is 0 Å². The zero-order valence-corrected chi connectivity index (χ0v) is 13.6. The quantitative estimate of drug-likeness (QED) is 0.516. The number of amides is 1. The van der Waals surface area contributed by atoms with Crippen LogP contribution in [0.25, 0.3) is 0 Å². The van der Waals surface area contributed by atoms with Crippen molar-refractivity contribution in [2.45, 2.75) is 46.1 Å². The van der Waals surface area contributed by atoms with Crippen LogP contribution < -0.4 is 0 Å². The van der Waals surface area contributed by atoms with Crippen molar-refractivity contribution in [1.29, 1.82) is 0 Å². The topological polar surface area (TPSA) is 46.6 Å². The van der Waals surface area contributed by atoms with Gasteiger partial charge in [0.05, 0.1) is 6.61 Å². The van der Waals surface area contributed by atoms with Crippen LogP contribution in [0.2, 0.25) is 0 Å². The molecule has 23 heavy (non-hydrogen) atoms. The van der Waals surface area contributed by atoms with Crippen molar-refractivity contribution in [3.8, 4) is 0 Å². The number of halogens is 2. The normalized spacial score (nSPS) is 10.4. The molecule has 0 radical (unpaired) electrons. The van der Waals surface area contributed by atoms with E-state index in [1.165, 1.54) is 17.0 Å². The molecule has 128 valence electrons. The number of benzene rings is 1. The van der Waals surface area contributed by atoms with Crippen LogP contribution in [0.1, 0.15) is 45.1 Å². The molecule has 0 aromatic heterocycles. The molecule has 0 saturated carbocycles. The summed E-state index contributed by atoms with van der Waals surface area (Å²) in [6.07, 6.45) is 1.73. The second-order valence-electron chi connectivity index (χ2n) is 5.16. The zero-order chi connectivity index (χ0) is 17.2. The Balaban J connectivity index is 2.44. The van der Waals surface area contributed by atoms with Crippen LogP contribution in [0, 0.1) is 11.6 Å². The summed E-state index contributed by atoms with van der Waals surface area (Å²) in [5.41, 5.74) is 0.285. The third-order valence-corrected chi connectivity index (χ3v) is 3.44. The molecule has 1 aromatic carbocycles. The molecule has 4 nitrogen and oxygen atoms in total. The largest absolute Gasteiger partial charge is 0.466 e. The molecule has 0 N–H and O–H groups in total. The SMILES string of the molecule is CCOC(=O)CCCCC(=O)N(CC)Cc1ccc(F)cc1F. The van der Waals surface area contributed by atoms with Crippen LogP contribution >= 0.6 is 0 Å². The van der Waals surface area contributed by atoms with Gasteiger partial charge < -0.3 is 9.64 Å². The zero-order valence-electron chi connectivity index (χ0n) is 13.6. The molecule has 1 rings (SSSR count). The van der Waals surface area contributed by atoms with Crippen molar-refractivity contribution in [1.82, 2.24) is 4.90 Å². The number of carbonyl (C=O) groups is 2. The van der Waals surface area contributed by atoms with Gasteiger partial charge in [-0.2, -0.15) is 0 Å². The monoisotopic (exact) mass is 327 g/mol. The highest BCUT2D eigenvalue weighted by Gasteiger charge is 2.14. The standard InChI is InChI=1S/C17H23F2NO3/c1-3-20(12-13-9-10-14(18)11-15(13)19)16(21)7-5-6-8-17(22)23-4-2/h9-11H,3-8,12H2,1-2H3.